The predicted octanol–water partition coefficient (Wildman–Crippen LogP) is 4.78. The van der Waals surface area contributed by atoms with Crippen LogP contribution in [0.5, 0.6) is 5.75 Å². The quantitative estimate of drug-likeness (QED) is 0.492. The summed E-state index contributed by atoms with van der Waals surface area (Å²) in [5.74, 6) is 0.543. The third-order valence-electron chi connectivity index (χ3n) is 3.70. The number of aromatic amines is 1. The molecule has 26 heavy (non-hydrogen) atoms. The van der Waals surface area contributed by atoms with E-state index in [4.69, 9.17) is 28.3 Å². The van der Waals surface area contributed by atoms with Gasteiger partial charge in [0.2, 0.25) is 5.95 Å². The van der Waals surface area contributed by atoms with Crippen molar-refractivity contribution >= 4 is 40.4 Å². The lowest BCUT2D eigenvalue weighted by Crippen LogP contribution is -2.02. The normalized spacial score (nSPS) is 11.0. The van der Waals surface area contributed by atoms with Gasteiger partial charge in [0.05, 0.1) is 33.5 Å². The lowest BCUT2D eigenvalue weighted by Gasteiger charge is -2.03. The molecule has 2 N–H and O–H groups in total. The molecule has 4 rings (SSSR count). The van der Waals surface area contributed by atoms with Crippen molar-refractivity contribution in [3.8, 4) is 22.8 Å². The maximum Gasteiger partial charge on any atom is 0.511 e. The van der Waals surface area contributed by atoms with Crippen LogP contribution >= 0.6 is 23.2 Å². The first-order chi connectivity index (χ1) is 12.5. The van der Waals surface area contributed by atoms with Gasteiger partial charge >= 0.3 is 6.16 Å². The van der Waals surface area contributed by atoms with Gasteiger partial charge in [-0.3, -0.25) is 0 Å². The van der Waals surface area contributed by atoms with Gasteiger partial charge < -0.3 is 14.8 Å². The topological polar surface area (TPSA) is 93.0 Å². The minimum absolute atomic E-state index is 0.106. The third kappa shape index (κ3) is 3.10. The molecular weight excluding hydrogens is 379 g/mol. The fourth-order valence-corrected chi connectivity index (χ4v) is 2.83. The number of halogens is 2. The zero-order valence-corrected chi connectivity index (χ0v) is 14.5. The van der Waals surface area contributed by atoms with Gasteiger partial charge in [-0.15, -0.1) is 0 Å². The Morgan fingerprint density at radius 3 is 2.65 bits per heavy atom. The molecule has 9 heteroatoms. The van der Waals surface area contributed by atoms with Crippen LogP contribution < -0.4 is 4.74 Å². The molecule has 0 unspecified atom stereocenters. The number of rotatable bonds is 3. The Labute approximate surface area is 156 Å². The van der Waals surface area contributed by atoms with Gasteiger partial charge in [-0.2, -0.15) is 5.10 Å². The van der Waals surface area contributed by atoms with Crippen molar-refractivity contribution in [1.82, 2.24) is 19.7 Å². The Balaban J connectivity index is 1.70. The minimum Gasteiger partial charge on any atom is -0.449 e. The monoisotopic (exact) mass is 388 g/mol. The van der Waals surface area contributed by atoms with Crippen LogP contribution in [-0.4, -0.2) is 31.0 Å². The lowest BCUT2D eigenvalue weighted by atomic mass is 10.1. The molecule has 130 valence electrons. The molecule has 2 heterocycles. The van der Waals surface area contributed by atoms with Crippen molar-refractivity contribution in [2.45, 2.75) is 0 Å². The van der Waals surface area contributed by atoms with Gasteiger partial charge in [0.15, 0.2) is 5.75 Å². The van der Waals surface area contributed by atoms with E-state index in [9.17, 15) is 4.79 Å². The van der Waals surface area contributed by atoms with Crippen LogP contribution in [0.25, 0.3) is 28.1 Å². The fourth-order valence-electron chi connectivity index (χ4n) is 2.54. The Bertz CT molecular complexity index is 1140. The Kier molecular flexibility index (Phi) is 4.02. The summed E-state index contributed by atoms with van der Waals surface area (Å²) in [6, 6.07) is 11.2. The van der Waals surface area contributed by atoms with E-state index in [2.05, 4.69) is 19.8 Å². The average Bonchev–Trinajstić information content (AvgIpc) is 3.22. The summed E-state index contributed by atoms with van der Waals surface area (Å²) in [7, 11) is 0. The van der Waals surface area contributed by atoms with Crippen molar-refractivity contribution in [2.75, 3.05) is 0 Å². The molecule has 0 aliphatic carbocycles. The van der Waals surface area contributed by atoms with Crippen molar-refractivity contribution < 1.29 is 14.6 Å². The van der Waals surface area contributed by atoms with E-state index < -0.39 is 6.16 Å². The predicted molar refractivity (Wildman–Crippen MR) is 97.3 cm³/mol. The molecule has 0 atom stereocenters. The number of nitrogens with zero attached hydrogens (tertiary/aromatic N) is 3. The first kappa shape index (κ1) is 16.4. The smallest absolute Gasteiger partial charge is 0.449 e. The number of hydrogen-bond donors (Lipinski definition) is 2. The van der Waals surface area contributed by atoms with Gasteiger partial charge in [0.25, 0.3) is 0 Å². The third-order valence-corrected chi connectivity index (χ3v) is 4.44. The van der Waals surface area contributed by atoms with E-state index in [-0.39, 0.29) is 5.75 Å². The standard InChI is InChI=1S/C17H10Cl2N4O3/c18-12-3-1-9(5-13(12)19)10-2-4-14-15(6-10)22-16(21-14)23-8-11(7-20-23)26-17(24)25/h1-8H,(H,21,22)(H,24,25). The highest BCUT2D eigenvalue weighted by molar-refractivity contribution is 6.42. The average molecular weight is 389 g/mol. The van der Waals surface area contributed by atoms with E-state index in [0.29, 0.717) is 16.0 Å². The highest BCUT2D eigenvalue weighted by atomic mass is 35.5. The number of ether oxygens (including phenoxy) is 1. The van der Waals surface area contributed by atoms with Gasteiger partial charge in [0.1, 0.15) is 0 Å². The zero-order valence-electron chi connectivity index (χ0n) is 13.0. The Morgan fingerprint density at radius 2 is 1.88 bits per heavy atom. The molecule has 0 bridgehead atoms. The molecule has 0 amide bonds. The number of fused-ring (bicyclic) bond motifs is 1. The maximum atomic E-state index is 10.6. The molecule has 0 radical (unpaired) electrons. The maximum absolute atomic E-state index is 10.6. The Morgan fingerprint density at radius 1 is 1.12 bits per heavy atom. The number of nitrogens with one attached hydrogen (secondary N) is 1. The molecule has 2 aromatic heterocycles. The van der Waals surface area contributed by atoms with Crippen molar-refractivity contribution in [2.24, 2.45) is 0 Å². The van der Waals surface area contributed by atoms with E-state index in [1.807, 2.05) is 24.3 Å². The highest BCUT2D eigenvalue weighted by Crippen LogP contribution is 2.30. The summed E-state index contributed by atoms with van der Waals surface area (Å²) in [4.78, 5) is 18.2. The van der Waals surface area contributed by atoms with Gasteiger partial charge in [-0.1, -0.05) is 35.3 Å². The van der Waals surface area contributed by atoms with Crippen LogP contribution in [0.3, 0.4) is 0 Å². The molecule has 0 aliphatic rings. The zero-order chi connectivity index (χ0) is 18.3. The van der Waals surface area contributed by atoms with Crippen LogP contribution in [0, 0.1) is 0 Å². The van der Waals surface area contributed by atoms with E-state index >= 15 is 0 Å². The summed E-state index contributed by atoms with van der Waals surface area (Å²) in [5.41, 5.74) is 3.40. The van der Waals surface area contributed by atoms with Gasteiger partial charge in [0, 0.05) is 0 Å². The number of imidazole rings is 1. The van der Waals surface area contributed by atoms with Crippen LogP contribution in [0.1, 0.15) is 0 Å². The van der Waals surface area contributed by atoms with Crippen molar-refractivity contribution in [3.05, 3.63) is 58.8 Å². The molecular formula is C17H10Cl2N4O3. The first-order valence-electron chi connectivity index (χ1n) is 7.40. The SMILES string of the molecule is O=C(O)Oc1cnn(-c2nc3ccc(-c4ccc(Cl)c(Cl)c4)cc3[nH]2)c1. The van der Waals surface area contributed by atoms with E-state index in [1.54, 1.807) is 12.1 Å². The number of carbonyl (C=O) groups is 1. The largest absolute Gasteiger partial charge is 0.511 e. The summed E-state index contributed by atoms with van der Waals surface area (Å²) < 4.78 is 5.96. The molecule has 7 nitrogen and oxygen atoms in total. The van der Waals surface area contributed by atoms with E-state index in [0.717, 1.165) is 22.2 Å². The number of H-pyrrole nitrogens is 1. The van der Waals surface area contributed by atoms with Crippen LogP contribution in [0.15, 0.2) is 48.8 Å². The second kappa shape index (κ2) is 6.36. The van der Waals surface area contributed by atoms with Gasteiger partial charge in [-0.25, -0.2) is 14.5 Å². The summed E-state index contributed by atoms with van der Waals surface area (Å²) in [6.07, 6.45) is 1.31. The Hall–Kier alpha value is -3.03. The first-order valence-corrected chi connectivity index (χ1v) is 8.16. The molecule has 0 aliphatic heterocycles. The molecule has 0 fully saturated rings. The molecule has 2 aromatic carbocycles. The second-order valence-corrected chi connectivity index (χ2v) is 6.22. The number of carboxylic acid groups (broad SMARTS) is 1. The van der Waals surface area contributed by atoms with Crippen LogP contribution in [0.2, 0.25) is 10.0 Å². The van der Waals surface area contributed by atoms with Crippen molar-refractivity contribution in [3.63, 3.8) is 0 Å². The van der Waals surface area contributed by atoms with Crippen molar-refractivity contribution in [1.29, 1.82) is 0 Å². The molecule has 0 saturated carbocycles. The lowest BCUT2D eigenvalue weighted by molar-refractivity contribution is 0.144. The van der Waals surface area contributed by atoms with Crippen LogP contribution in [-0.2, 0) is 0 Å². The number of benzene rings is 2. The second-order valence-electron chi connectivity index (χ2n) is 5.41. The minimum atomic E-state index is -1.40. The molecule has 0 saturated heterocycles. The number of hydrogen-bond acceptors (Lipinski definition) is 4. The summed E-state index contributed by atoms with van der Waals surface area (Å²) >= 11 is 12.1. The van der Waals surface area contributed by atoms with Gasteiger partial charge in [-0.05, 0) is 35.4 Å². The van der Waals surface area contributed by atoms with E-state index in [1.165, 1.54) is 17.1 Å². The van der Waals surface area contributed by atoms with Crippen LogP contribution in [0.4, 0.5) is 4.79 Å². The molecule has 4 aromatic rings. The summed E-state index contributed by atoms with van der Waals surface area (Å²) in [6.45, 7) is 0. The summed E-state index contributed by atoms with van der Waals surface area (Å²) in [5, 5.41) is 13.7. The number of aromatic nitrogens is 4. The fraction of sp³-hybridized carbons (Fsp3) is 0. The highest BCUT2D eigenvalue weighted by Gasteiger charge is 2.10. The molecule has 0 spiro atoms.